The standard InChI is InChI=1S/C12H20O4/c1-6-11(3,4)10(14)16-12(5)7-15-9(13)8(12)2/h8H,6-7H2,1-5H3/t8-,12+/m0/s1. The average Bonchev–Trinajstić information content (AvgIpc) is 2.46. The van der Waals surface area contributed by atoms with Gasteiger partial charge in [-0.05, 0) is 34.1 Å². The highest BCUT2D eigenvalue weighted by molar-refractivity contribution is 5.79. The summed E-state index contributed by atoms with van der Waals surface area (Å²) in [6, 6.07) is 0. The third-order valence-corrected chi connectivity index (χ3v) is 3.53. The fraction of sp³-hybridized carbons (Fsp3) is 0.833. The van der Waals surface area contributed by atoms with Crippen molar-refractivity contribution in [1.29, 1.82) is 0 Å². The molecule has 0 radical (unpaired) electrons. The molecular formula is C12H20O4. The van der Waals surface area contributed by atoms with E-state index in [1.165, 1.54) is 0 Å². The molecule has 1 saturated heterocycles. The number of carbonyl (C=O) groups is 2. The Morgan fingerprint density at radius 1 is 1.62 bits per heavy atom. The lowest BCUT2D eigenvalue weighted by Crippen LogP contribution is -2.42. The molecule has 1 fully saturated rings. The highest BCUT2D eigenvalue weighted by Gasteiger charge is 2.48. The van der Waals surface area contributed by atoms with Crippen molar-refractivity contribution in [1.82, 2.24) is 0 Å². The van der Waals surface area contributed by atoms with E-state index < -0.39 is 16.9 Å². The molecule has 0 bridgehead atoms. The summed E-state index contributed by atoms with van der Waals surface area (Å²) in [7, 11) is 0. The topological polar surface area (TPSA) is 52.6 Å². The van der Waals surface area contributed by atoms with E-state index >= 15 is 0 Å². The van der Waals surface area contributed by atoms with Crippen LogP contribution in [-0.2, 0) is 19.1 Å². The number of hydrogen-bond donors (Lipinski definition) is 0. The van der Waals surface area contributed by atoms with Gasteiger partial charge in [0.15, 0.2) is 5.60 Å². The molecular weight excluding hydrogens is 208 g/mol. The van der Waals surface area contributed by atoms with Crippen molar-refractivity contribution in [2.75, 3.05) is 6.61 Å². The molecule has 2 atom stereocenters. The zero-order chi connectivity index (χ0) is 12.6. The van der Waals surface area contributed by atoms with Gasteiger partial charge in [-0.3, -0.25) is 9.59 Å². The predicted molar refractivity (Wildman–Crippen MR) is 58.7 cm³/mol. The third kappa shape index (κ3) is 2.20. The van der Waals surface area contributed by atoms with E-state index in [0.717, 1.165) is 0 Å². The van der Waals surface area contributed by atoms with E-state index in [0.29, 0.717) is 6.42 Å². The van der Waals surface area contributed by atoms with Gasteiger partial charge in [0.05, 0.1) is 11.3 Å². The molecule has 0 aromatic rings. The summed E-state index contributed by atoms with van der Waals surface area (Å²) < 4.78 is 10.4. The molecule has 1 aliphatic heterocycles. The fourth-order valence-corrected chi connectivity index (χ4v) is 1.33. The molecule has 1 heterocycles. The molecule has 0 saturated carbocycles. The molecule has 1 rings (SSSR count). The van der Waals surface area contributed by atoms with E-state index in [1.54, 1.807) is 13.8 Å². The Morgan fingerprint density at radius 2 is 2.19 bits per heavy atom. The smallest absolute Gasteiger partial charge is 0.313 e. The number of hydrogen-bond acceptors (Lipinski definition) is 4. The average molecular weight is 228 g/mol. The maximum atomic E-state index is 11.9. The Kier molecular flexibility index (Phi) is 3.31. The van der Waals surface area contributed by atoms with Gasteiger partial charge in [0.1, 0.15) is 6.61 Å². The minimum absolute atomic E-state index is 0.151. The number of cyclic esters (lactones) is 1. The molecule has 0 unspecified atom stereocenters. The number of ether oxygens (including phenoxy) is 2. The van der Waals surface area contributed by atoms with Gasteiger partial charge in [0, 0.05) is 0 Å². The Balaban J connectivity index is 2.75. The van der Waals surface area contributed by atoms with Crippen molar-refractivity contribution in [3.05, 3.63) is 0 Å². The Labute approximate surface area is 96.3 Å². The molecule has 0 spiro atoms. The molecule has 92 valence electrons. The minimum atomic E-state index is -0.819. The number of rotatable bonds is 3. The summed E-state index contributed by atoms with van der Waals surface area (Å²) in [4.78, 5) is 23.2. The van der Waals surface area contributed by atoms with Gasteiger partial charge in [-0.25, -0.2) is 0 Å². The number of carbonyl (C=O) groups excluding carboxylic acids is 2. The van der Waals surface area contributed by atoms with E-state index in [4.69, 9.17) is 9.47 Å². The van der Waals surface area contributed by atoms with Crippen LogP contribution in [0.25, 0.3) is 0 Å². The van der Waals surface area contributed by atoms with Crippen LogP contribution in [0.15, 0.2) is 0 Å². The van der Waals surface area contributed by atoms with Gasteiger partial charge < -0.3 is 9.47 Å². The van der Waals surface area contributed by atoms with Gasteiger partial charge in [-0.1, -0.05) is 6.92 Å². The zero-order valence-corrected chi connectivity index (χ0v) is 10.6. The monoisotopic (exact) mass is 228 g/mol. The Hall–Kier alpha value is -1.06. The molecule has 0 aliphatic carbocycles. The minimum Gasteiger partial charge on any atom is -0.461 e. The van der Waals surface area contributed by atoms with Crippen molar-refractivity contribution >= 4 is 11.9 Å². The molecule has 0 N–H and O–H groups in total. The first-order valence-corrected chi connectivity index (χ1v) is 5.63. The van der Waals surface area contributed by atoms with Crippen molar-refractivity contribution in [3.63, 3.8) is 0 Å². The van der Waals surface area contributed by atoms with Gasteiger partial charge in [-0.15, -0.1) is 0 Å². The SMILES string of the molecule is CCC(C)(C)C(=O)O[C@]1(C)COC(=O)[C@@H]1C. The van der Waals surface area contributed by atoms with Crippen LogP contribution in [0, 0.1) is 11.3 Å². The van der Waals surface area contributed by atoms with Crippen LogP contribution in [0.5, 0.6) is 0 Å². The first-order valence-electron chi connectivity index (χ1n) is 5.63. The molecule has 4 nitrogen and oxygen atoms in total. The van der Waals surface area contributed by atoms with Gasteiger partial charge in [-0.2, -0.15) is 0 Å². The van der Waals surface area contributed by atoms with Crippen molar-refractivity contribution < 1.29 is 19.1 Å². The first-order chi connectivity index (χ1) is 7.23. The molecule has 4 heteroatoms. The Morgan fingerprint density at radius 3 is 2.56 bits per heavy atom. The second-order valence-corrected chi connectivity index (χ2v) is 5.27. The lowest BCUT2D eigenvalue weighted by atomic mass is 9.89. The molecule has 1 aliphatic rings. The summed E-state index contributed by atoms with van der Waals surface area (Å²) >= 11 is 0. The van der Waals surface area contributed by atoms with E-state index in [9.17, 15) is 9.59 Å². The summed E-state index contributed by atoms with van der Waals surface area (Å²) in [5.74, 6) is -0.976. The third-order valence-electron chi connectivity index (χ3n) is 3.53. The van der Waals surface area contributed by atoms with Crippen LogP contribution in [0.1, 0.15) is 41.0 Å². The molecule has 0 amide bonds. The van der Waals surface area contributed by atoms with Crippen LogP contribution >= 0.6 is 0 Å². The second-order valence-electron chi connectivity index (χ2n) is 5.27. The lowest BCUT2D eigenvalue weighted by Gasteiger charge is -2.30. The number of esters is 2. The molecule has 16 heavy (non-hydrogen) atoms. The van der Waals surface area contributed by atoms with E-state index in [-0.39, 0.29) is 18.5 Å². The maximum absolute atomic E-state index is 11.9. The first kappa shape index (κ1) is 13.0. The van der Waals surface area contributed by atoms with Gasteiger partial charge in [0.25, 0.3) is 0 Å². The van der Waals surface area contributed by atoms with Crippen LogP contribution in [0.4, 0.5) is 0 Å². The molecule has 0 aromatic heterocycles. The van der Waals surface area contributed by atoms with E-state index in [2.05, 4.69) is 0 Å². The van der Waals surface area contributed by atoms with Crippen molar-refractivity contribution in [2.24, 2.45) is 11.3 Å². The van der Waals surface area contributed by atoms with E-state index in [1.807, 2.05) is 20.8 Å². The van der Waals surface area contributed by atoms with Crippen molar-refractivity contribution in [3.8, 4) is 0 Å². The maximum Gasteiger partial charge on any atom is 0.313 e. The van der Waals surface area contributed by atoms with Crippen molar-refractivity contribution in [2.45, 2.75) is 46.6 Å². The predicted octanol–water partition coefficient (Wildman–Crippen LogP) is 1.92. The summed E-state index contributed by atoms with van der Waals surface area (Å²) in [5.41, 5.74) is -1.34. The van der Waals surface area contributed by atoms with Crippen LogP contribution in [-0.4, -0.2) is 24.1 Å². The quantitative estimate of drug-likeness (QED) is 0.692. The van der Waals surface area contributed by atoms with Gasteiger partial charge in [0.2, 0.25) is 0 Å². The summed E-state index contributed by atoms with van der Waals surface area (Å²) in [6.45, 7) is 9.22. The van der Waals surface area contributed by atoms with Crippen LogP contribution < -0.4 is 0 Å². The summed E-state index contributed by atoms with van der Waals surface area (Å²) in [5, 5.41) is 0. The second kappa shape index (κ2) is 4.07. The Bertz CT molecular complexity index is 308. The highest BCUT2D eigenvalue weighted by Crippen LogP contribution is 2.33. The zero-order valence-electron chi connectivity index (χ0n) is 10.6. The lowest BCUT2D eigenvalue weighted by molar-refractivity contribution is -0.172. The van der Waals surface area contributed by atoms with Crippen LogP contribution in [0.3, 0.4) is 0 Å². The largest absolute Gasteiger partial charge is 0.461 e. The summed E-state index contributed by atoms with van der Waals surface area (Å²) in [6.07, 6.45) is 0.700. The van der Waals surface area contributed by atoms with Crippen LogP contribution in [0.2, 0.25) is 0 Å². The van der Waals surface area contributed by atoms with Gasteiger partial charge >= 0.3 is 11.9 Å². The fourth-order valence-electron chi connectivity index (χ4n) is 1.33. The normalized spacial score (nSPS) is 30.1. The highest BCUT2D eigenvalue weighted by atomic mass is 16.6. The molecule has 0 aromatic carbocycles.